The first-order valence-corrected chi connectivity index (χ1v) is 10.6. The molecular weight excluding hydrogens is 398 g/mol. The summed E-state index contributed by atoms with van der Waals surface area (Å²) in [5, 5.41) is 14.8. The van der Waals surface area contributed by atoms with E-state index in [-0.39, 0.29) is 5.70 Å². The Balaban J connectivity index is 1.53. The van der Waals surface area contributed by atoms with Gasteiger partial charge in [0.15, 0.2) is 0 Å². The number of hydrogen-bond acceptors (Lipinski definition) is 6. The minimum Gasteiger partial charge on any atom is -0.477 e. The Morgan fingerprint density at radius 3 is 2.82 bits per heavy atom. The highest BCUT2D eigenvalue weighted by Crippen LogP contribution is 2.40. The van der Waals surface area contributed by atoms with Gasteiger partial charge in [0, 0.05) is 10.5 Å². The summed E-state index contributed by atoms with van der Waals surface area (Å²) >= 11 is 2.98. The fourth-order valence-electron chi connectivity index (χ4n) is 3.61. The molecule has 28 heavy (non-hydrogen) atoms. The van der Waals surface area contributed by atoms with Crippen molar-refractivity contribution in [1.29, 1.82) is 0 Å². The maximum absolute atomic E-state index is 12.8. The van der Waals surface area contributed by atoms with E-state index in [0.29, 0.717) is 11.3 Å². The quantitative estimate of drug-likeness (QED) is 0.656. The number of fused-ring (bicyclic) bond motifs is 2. The van der Waals surface area contributed by atoms with E-state index in [0.717, 1.165) is 21.2 Å². The van der Waals surface area contributed by atoms with Crippen molar-refractivity contribution in [3.05, 3.63) is 46.0 Å². The molecule has 2 aliphatic heterocycles. The maximum atomic E-state index is 12.8. The summed E-state index contributed by atoms with van der Waals surface area (Å²) in [6.45, 7) is 3.71. The number of aryl methyl sites for hydroxylation is 1. The lowest BCUT2D eigenvalue weighted by Crippen LogP contribution is -2.71. The average Bonchev–Trinajstić information content (AvgIpc) is 3.06. The zero-order valence-corrected chi connectivity index (χ0v) is 16.9. The highest BCUT2D eigenvalue weighted by molar-refractivity contribution is 8.00. The van der Waals surface area contributed by atoms with Gasteiger partial charge in [-0.25, -0.2) is 4.79 Å². The summed E-state index contributed by atoms with van der Waals surface area (Å²) in [7, 11) is 0. The minimum absolute atomic E-state index is 0.0161. The summed E-state index contributed by atoms with van der Waals surface area (Å²) < 4.78 is 0.961. The van der Waals surface area contributed by atoms with Crippen molar-refractivity contribution in [3.8, 4) is 0 Å². The van der Waals surface area contributed by atoms with Crippen LogP contribution < -0.4 is 11.1 Å². The first-order valence-electron chi connectivity index (χ1n) is 8.71. The second kappa shape index (κ2) is 6.91. The third-order valence-electron chi connectivity index (χ3n) is 5.10. The van der Waals surface area contributed by atoms with E-state index in [4.69, 9.17) is 5.73 Å². The number of nitrogens with zero attached hydrogens (tertiary/aromatic N) is 1. The van der Waals surface area contributed by atoms with Crippen LogP contribution >= 0.6 is 23.1 Å². The molecule has 1 saturated heterocycles. The number of nitrogens with one attached hydrogen (secondary N) is 1. The van der Waals surface area contributed by atoms with Crippen LogP contribution in [0.1, 0.15) is 24.1 Å². The van der Waals surface area contributed by atoms with E-state index >= 15 is 0 Å². The molecule has 2 aliphatic rings. The zero-order valence-electron chi connectivity index (χ0n) is 15.3. The second-order valence-corrected chi connectivity index (χ2v) is 8.94. The lowest BCUT2D eigenvalue weighted by molar-refractivity contribution is -0.150. The fraction of sp³-hybridized carbons (Fsp3) is 0.316. The van der Waals surface area contributed by atoms with Gasteiger partial charge >= 0.3 is 5.97 Å². The van der Waals surface area contributed by atoms with E-state index in [1.807, 2.05) is 30.5 Å². The number of hydrogen-bond donors (Lipinski definition) is 3. The summed E-state index contributed by atoms with van der Waals surface area (Å²) in [5.74, 6) is -1.49. The van der Waals surface area contributed by atoms with Crippen molar-refractivity contribution in [3.63, 3.8) is 0 Å². The number of carboxylic acids is 1. The maximum Gasteiger partial charge on any atom is 0.352 e. The van der Waals surface area contributed by atoms with E-state index in [1.54, 1.807) is 6.92 Å². The standard InChI is InChI=1S/C19H19N3O4S2/c1-8-6-27-15-10(8)4-3-5-11(15)12(20)16(23)21-13-17(24)22-14(19(25)26)9(2)7-28-18(13)22/h3-6,12-13,18H,7,20H2,1-2H3,(H,21,23)(H,25,26)/t12?,13-,18+/m1/s1. The van der Waals surface area contributed by atoms with Gasteiger partial charge in [0.05, 0.1) is 0 Å². The van der Waals surface area contributed by atoms with Crippen LogP contribution in [0.5, 0.6) is 0 Å². The lowest BCUT2D eigenvalue weighted by Gasteiger charge is -2.49. The average molecular weight is 418 g/mol. The molecule has 0 aliphatic carbocycles. The van der Waals surface area contributed by atoms with Crippen molar-refractivity contribution in [2.24, 2.45) is 5.73 Å². The van der Waals surface area contributed by atoms with Gasteiger partial charge in [-0.3, -0.25) is 14.5 Å². The topological polar surface area (TPSA) is 113 Å². The third-order valence-corrected chi connectivity index (χ3v) is 7.69. The predicted octanol–water partition coefficient (Wildman–Crippen LogP) is 1.97. The number of thioether (sulfide) groups is 1. The number of nitrogens with two attached hydrogens (primary N) is 1. The van der Waals surface area contributed by atoms with Crippen molar-refractivity contribution < 1.29 is 19.5 Å². The molecule has 2 aromatic rings. The fourth-order valence-corrected chi connectivity index (χ4v) is 6.01. The zero-order chi connectivity index (χ0) is 20.2. The molecule has 1 unspecified atom stereocenters. The normalized spacial score (nSPS) is 22.7. The van der Waals surface area contributed by atoms with Crippen molar-refractivity contribution >= 4 is 51.0 Å². The van der Waals surface area contributed by atoms with Gasteiger partial charge in [-0.2, -0.15) is 0 Å². The summed E-state index contributed by atoms with van der Waals surface area (Å²) in [6.07, 6.45) is 0. The summed E-state index contributed by atoms with van der Waals surface area (Å²) in [6, 6.07) is 4.00. The molecule has 0 spiro atoms. The SMILES string of the molecule is CC1=C(C(=O)O)N2C(=O)[C@@H](NC(=O)C(N)c3cccc4c(C)csc34)[C@@H]2SC1. The van der Waals surface area contributed by atoms with Gasteiger partial charge < -0.3 is 16.2 Å². The Morgan fingerprint density at radius 2 is 2.11 bits per heavy atom. The van der Waals surface area contributed by atoms with E-state index in [9.17, 15) is 19.5 Å². The number of thiophene rings is 1. The van der Waals surface area contributed by atoms with Gasteiger partial charge in [-0.15, -0.1) is 23.1 Å². The number of benzene rings is 1. The Kier molecular flexibility index (Phi) is 4.68. The van der Waals surface area contributed by atoms with Crippen LogP contribution in [-0.4, -0.2) is 45.0 Å². The highest BCUT2D eigenvalue weighted by atomic mass is 32.2. The number of carbonyl (C=O) groups is 3. The molecule has 1 aromatic heterocycles. The molecule has 146 valence electrons. The molecule has 2 amide bonds. The Morgan fingerprint density at radius 1 is 1.36 bits per heavy atom. The van der Waals surface area contributed by atoms with Crippen LogP contribution in [0.4, 0.5) is 0 Å². The lowest BCUT2D eigenvalue weighted by atomic mass is 10.0. The molecule has 1 aromatic carbocycles. The van der Waals surface area contributed by atoms with Gasteiger partial charge in [0.1, 0.15) is 23.2 Å². The molecule has 0 radical (unpaired) electrons. The molecule has 4 N–H and O–H groups in total. The second-order valence-electron chi connectivity index (χ2n) is 6.95. The predicted molar refractivity (Wildman–Crippen MR) is 109 cm³/mol. The van der Waals surface area contributed by atoms with Crippen molar-refractivity contribution in [1.82, 2.24) is 10.2 Å². The van der Waals surface area contributed by atoms with E-state index in [1.165, 1.54) is 28.0 Å². The molecule has 1 fully saturated rings. The Bertz CT molecular complexity index is 1040. The third kappa shape index (κ3) is 2.81. The summed E-state index contributed by atoms with van der Waals surface area (Å²) in [4.78, 5) is 38.0. The molecule has 3 heterocycles. The Hall–Kier alpha value is -2.36. The number of amides is 2. The van der Waals surface area contributed by atoms with Crippen LogP contribution in [0.15, 0.2) is 34.8 Å². The number of carboxylic acid groups (broad SMARTS) is 1. The van der Waals surface area contributed by atoms with Gasteiger partial charge in [-0.1, -0.05) is 18.2 Å². The number of rotatable bonds is 4. The first kappa shape index (κ1) is 19.0. The molecule has 0 saturated carbocycles. The number of carbonyl (C=O) groups excluding carboxylic acids is 2. The van der Waals surface area contributed by atoms with Crippen molar-refractivity contribution in [2.75, 3.05) is 5.75 Å². The van der Waals surface area contributed by atoms with Gasteiger partial charge in [0.25, 0.3) is 5.91 Å². The van der Waals surface area contributed by atoms with E-state index < -0.39 is 35.2 Å². The molecule has 0 bridgehead atoms. The van der Waals surface area contributed by atoms with E-state index in [2.05, 4.69) is 5.32 Å². The molecule has 9 heteroatoms. The Labute approximate surface area is 169 Å². The van der Waals surface area contributed by atoms with Crippen LogP contribution in [-0.2, 0) is 14.4 Å². The number of aliphatic carboxylic acids is 1. The number of β-lactam (4-membered cyclic amide) rings is 1. The molecular formula is C19H19N3O4S2. The smallest absolute Gasteiger partial charge is 0.352 e. The largest absolute Gasteiger partial charge is 0.477 e. The van der Waals surface area contributed by atoms with Crippen molar-refractivity contribution in [2.45, 2.75) is 31.3 Å². The van der Waals surface area contributed by atoms with Crippen LogP contribution in [0.25, 0.3) is 10.1 Å². The molecule has 7 nitrogen and oxygen atoms in total. The van der Waals surface area contributed by atoms with Gasteiger partial charge in [0.2, 0.25) is 5.91 Å². The highest BCUT2D eigenvalue weighted by Gasteiger charge is 2.53. The molecule has 3 atom stereocenters. The summed E-state index contributed by atoms with van der Waals surface area (Å²) in [5.41, 5.74) is 8.71. The van der Waals surface area contributed by atoms with Crippen LogP contribution in [0.2, 0.25) is 0 Å². The first-order chi connectivity index (χ1) is 13.3. The minimum atomic E-state index is -1.13. The molecule has 4 rings (SSSR count). The van der Waals surface area contributed by atoms with Crippen LogP contribution in [0, 0.1) is 6.92 Å². The van der Waals surface area contributed by atoms with Gasteiger partial charge in [-0.05, 0) is 41.3 Å². The van der Waals surface area contributed by atoms with Crippen LogP contribution in [0.3, 0.4) is 0 Å². The monoisotopic (exact) mass is 417 g/mol.